The summed E-state index contributed by atoms with van der Waals surface area (Å²) in [5.74, 6) is -0.611. The van der Waals surface area contributed by atoms with Gasteiger partial charge in [0.15, 0.2) is 0 Å². The van der Waals surface area contributed by atoms with Crippen LogP contribution < -0.4 is 16.9 Å². The normalized spacial score (nSPS) is 28.5. The van der Waals surface area contributed by atoms with E-state index >= 15 is 0 Å². The number of guanidine groups is 1. The van der Waals surface area contributed by atoms with Crippen LogP contribution in [0.4, 0.5) is 0 Å². The van der Waals surface area contributed by atoms with Crippen LogP contribution in [0.2, 0.25) is 0 Å². The number of nitrogens with two attached hydrogens (primary N) is 2. The molecule has 0 unspecified atom stereocenters. The topological polar surface area (TPSA) is 202 Å². The van der Waals surface area contributed by atoms with Gasteiger partial charge in [0.05, 0.1) is 13.2 Å². The van der Waals surface area contributed by atoms with Gasteiger partial charge in [-0.1, -0.05) is 0 Å². The predicted molar refractivity (Wildman–Crippen MR) is 103 cm³/mol. The number of hydrogen-bond acceptors (Lipinski definition) is 10. The number of aliphatic imine (C=N–C) groups is 1. The van der Waals surface area contributed by atoms with Crippen molar-refractivity contribution in [3.05, 3.63) is 0 Å². The Morgan fingerprint density at radius 3 is 2.46 bits per heavy atom. The number of ether oxygens (including phenoxy) is 2. The first-order valence-corrected chi connectivity index (χ1v) is 8.26. The van der Waals surface area contributed by atoms with Gasteiger partial charge in [-0.15, -0.1) is 24.8 Å². The van der Waals surface area contributed by atoms with Gasteiger partial charge in [-0.3, -0.25) is 9.79 Å². The molecule has 0 aromatic rings. The fourth-order valence-electron chi connectivity index (χ4n) is 2.19. The standard InChI is InChI=1S/C14H28N4O8.2ClH/c1-2-24-12(23)7(15)4-3-5-17-14(16)18-26-13-11(22)10(21)9(20)8(6-19)25-13;;/h7-11,13,19-22H,2-6,15H2,1H3,(H3,16,17,18);2*1H/t7-,8+,9+,10-,11+,13-;;/m0../s1. The molecule has 1 fully saturated rings. The van der Waals surface area contributed by atoms with E-state index in [0.29, 0.717) is 12.8 Å². The van der Waals surface area contributed by atoms with E-state index in [0.717, 1.165) is 0 Å². The quantitative estimate of drug-likeness (QED) is 0.0622. The lowest BCUT2D eigenvalue weighted by molar-refractivity contribution is -0.310. The zero-order chi connectivity index (χ0) is 19.7. The van der Waals surface area contributed by atoms with Crippen LogP contribution in [0.1, 0.15) is 19.8 Å². The molecule has 12 nitrogen and oxygen atoms in total. The van der Waals surface area contributed by atoms with Crippen LogP contribution in [-0.4, -0.2) is 88.9 Å². The van der Waals surface area contributed by atoms with E-state index in [1.165, 1.54) is 0 Å². The smallest absolute Gasteiger partial charge is 0.322 e. The molecule has 1 aliphatic rings. The number of rotatable bonds is 9. The number of hydroxylamine groups is 1. The van der Waals surface area contributed by atoms with Crippen molar-refractivity contribution in [1.82, 2.24) is 5.48 Å². The van der Waals surface area contributed by atoms with Crippen molar-refractivity contribution in [3.63, 3.8) is 0 Å². The first kappa shape index (κ1) is 29.2. The van der Waals surface area contributed by atoms with Gasteiger partial charge in [0.1, 0.15) is 30.5 Å². The highest BCUT2D eigenvalue weighted by Crippen LogP contribution is 2.21. The highest BCUT2D eigenvalue weighted by molar-refractivity contribution is 5.85. The maximum atomic E-state index is 11.3. The lowest BCUT2D eigenvalue weighted by Crippen LogP contribution is -2.60. The Kier molecular flexibility index (Phi) is 15.6. The number of aliphatic hydroxyl groups is 4. The molecular weight excluding hydrogens is 423 g/mol. The van der Waals surface area contributed by atoms with Crippen LogP contribution in [0, 0.1) is 0 Å². The van der Waals surface area contributed by atoms with E-state index in [9.17, 15) is 20.1 Å². The highest BCUT2D eigenvalue weighted by atomic mass is 35.5. The molecule has 1 heterocycles. The van der Waals surface area contributed by atoms with E-state index in [1.807, 2.05) is 0 Å². The summed E-state index contributed by atoms with van der Waals surface area (Å²) in [6, 6.07) is -0.732. The monoisotopic (exact) mass is 452 g/mol. The van der Waals surface area contributed by atoms with Crippen LogP contribution in [0.3, 0.4) is 0 Å². The summed E-state index contributed by atoms with van der Waals surface area (Å²) in [6.45, 7) is 1.63. The molecule has 1 aliphatic heterocycles. The number of carbonyl (C=O) groups excluding carboxylic acids is 1. The summed E-state index contributed by atoms with van der Waals surface area (Å²) in [6.07, 6.45) is -6.24. The maximum Gasteiger partial charge on any atom is 0.322 e. The van der Waals surface area contributed by atoms with Crippen LogP contribution >= 0.6 is 24.8 Å². The van der Waals surface area contributed by atoms with Crippen molar-refractivity contribution in [1.29, 1.82) is 0 Å². The van der Waals surface area contributed by atoms with Crippen molar-refractivity contribution in [2.75, 3.05) is 19.8 Å². The molecule has 1 saturated heterocycles. The molecule has 28 heavy (non-hydrogen) atoms. The highest BCUT2D eigenvalue weighted by Gasteiger charge is 2.44. The number of esters is 1. The van der Waals surface area contributed by atoms with Crippen molar-refractivity contribution in [2.24, 2.45) is 16.5 Å². The molecule has 0 aromatic heterocycles. The second-order valence-electron chi connectivity index (χ2n) is 5.68. The number of carbonyl (C=O) groups is 1. The summed E-state index contributed by atoms with van der Waals surface area (Å²) in [4.78, 5) is 20.3. The van der Waals surface area contributed by atoms with Gasteiger partial charge in [0.25, 0.3) is 0 Å². The van der Waals surface area contributed by atoms with Gasteiger partial charge in [0.2, 0.25) is 12.2 Å². The third-order valence-electron chi connectivity index (χ3n) is 3.67. The van der Waals surface area contributed by atoms with E-state index in [2.05, 4.69) is 10.5 Å². The Bertz CT molecular complexity index is 475. The third-order valence-corrected chi connectivity index (χ3v) is 3.67. The Hall–Kier alpha value is -0.960. The molecule has 0 aliphatic carbocycles. The average Bonchev–Trinajstić information content (AvgIpc) is 2.62. The molecule has 9 N–H and O–H groups in total. The van der Waals surface area contributed by atoms with E-state index in [-0.39, 0.29) is 43.9 Å². The molecule has 0 bridgehead atoms. The van der Waals surface area contributed by atoms with Crippen molar-refractivity contribution in [2.45, 2.75) is 56.5 Å². The molecule has 6 atom stereocenters. The zero-order valence-corrected chi connectivity index (χ0v) is 17.0. The molecule has 0 radical (unpaired) electrons. The second kappa shape index (κ2) is 15.0. The van der Waals surface area contributed by atoms with Crippen LogP contribution in [0.25, 0.3) is 0 Å². The molecule has 1 rings (SSSR count). The van der Waals surface area contributed by atoms with Crippen molar-refractivity contribution in [3.8, 4) is 0 Å². The SMILES string of the molecule is CCOC(=O)[C@@H](N)CCCN=C(N)NO[C@@H]1O[C@H](CO)[C@@H](O)[C@H](O)[C@H]1O.Cl.Cl. The third kappa shape index (κ3) is 9.03. The molecular formula is C14H30Cl2N4O8. The number of nitrogens with one attached hydrogen (secondary N) is 1. The first-order chi connectivity index (χ1) is 12.3. The van der Waals surface area contributed by atoms with Crippen molar-refractivity contribution < 1.29 is 39.5 Å². The minimum absolute atomic E-state index is 0. The Morgan fingerprint density at radius 1 is 1.25 bits per heavy atom. The molecule has 168 valence electrons. The van der Waals surface area contributed by atoms with Gasteiger partial charge >= 0.3 is 5.97 Å². The second-order valence-corrected chi connectivity index (χ2v) is 5.68. The van der Waals surface area contributed by atoms with Gasteiger partial charge in [-0.25, -0.2) is 10.3 Å². The van der Waals surface area contributed by atoms with Gasteiger partial charge in [0, 0.05) is 6.54 Å². The minimum atomic E-state index is -1.56. The maximum absolute atomic E-state index is 11.3. The summed E-state index contributed by atoms with van der Waals surface area (Å²) >= 11 is 0. The Morgan fingerprint density at radius 2 is 1.89 bits per heavy atom. The van der Waals surface area contributed by atoms with E-state index in [1.54, 1.807) is 6.92 Å². The molecule has 0 amide bonds. The molecule has 0 spiro atoms. The largest absolute Gasteiger partial charge is 0.465 e. The Balaban J connectivity index is 0. The lowest BCUT2D eigenvalue weighted by atomic mass is 9.99. The lowest BCUT2D eigenvalue weighted by Gasteiger charge is -2.39. The fourth-order valence-corrected chi connectivity index (χ4v) is 2.19. The summed E-state index contributed by atoms with van der Waals surface area (Å²) in [5.41, 5.74) is 13.5. The summed E-state index contributed by atoms with van der Waals surface area (Å²) in [5, 5.41) is 38.1. The number of halogens is 2. The number of aliphatic hydroxyl groups excluding tert-OH is 4. The number of nitrogens with zero attached hydrogens (tertiary/aromatic N) is 1. The first-order valence-electron chi connectivity index (χ1n) is 8.26. The Labute approximate surface area is 175 Å². The fraction of sp³-hybridized carbons (Fsp3) is 0.857. The zero-order valence-electron chi connectivity index (χ0n) is 15.3. The van der Waals surface area contributed by atoms with Gasteiger partial charge < -0.3 is 41.4 Å². The van der Waals surface area contributed by atoms with Crippen LogP contribution in [0.15, 0.2) is 4.99 Å². The summed E-state index contributed by atoms with van der Waals surface area (Å²) in [7, 11) is 0. The van der Waals surface area contributed by atoms with Crippen LogP contribution in [0.5, 0.6) is 0 Å². The van der Waals surface area contributed by atoms with Gasteiger partial charge in [-0.2, -0.15) is 0 Å². The van der Waals surface area contributed by atoms with E-state index in [4.69, 9.17) is 30.9 Å². The van der Waals surface area contributed by atoms with Crippen LogP contribution in [-0.2, 0) is 19.1 Å². The minimum Gasteiger partial charge on any atom is -0.465 e. The molecule has 0 aromatic carbocycles. The van der Waals surface area contributed by atoms with E-state index < -0.39 is 49.3 Å². The predicted octanol–water partition coefficient (Wildman–Crippen LogP) is -2.86. The molecule has 14 heteroatoms. The number of hydrogen-bond donors (Lipinski definition) is 7. The van der Waals surface area contributed by atoms with Gasteiger partial charge in [-0.05, 0) is 19.8 Å². The van der Waals surface area contributed by atoms with Crippen molar-refractivity contribution >= 4 is 36.7 Å². The summed E-state index contributed by atoms with van der Waals surface area (Å²) < 4.78 is 9.90. The average molecular weight is 453 g/mol. The molecule has 0 saturated carbocycles.